The first-order valence-corrected chi connectivity index (χ1v) is 4.22. The Morgan fingerprint density at radius 1 is 1.50 bits per heavy atom. The maximum absolute atomic E-state index is 10.9. The third-order valence-corrected chi connectivity index (χ3v) is 2.40. The molecule has 0 aromatic heterocycles. The van der Waals surface area contributed by atoms with Crippen molar-refractivity contribution in [2.24, 2.45) is 0 Å². The third-order valence-electron chi connectivity index (χ3n) is 2.40. The Morgan fingerprint density at radius 2 is 2.33 bits per heavy atom. The molecular weight excluding hydrogens is 156 g/mol. The summed E-state index contributed by atoms with van der Waals surface area (Å²) in [5.74, 6) is 0. The molecule has 0 fully saturated rings. The second-order valence-corrected chi connectivity index (χ2v) is 3.22. The predicted octanol–water partition coefficient (Wildman–Crippen LogP) is 0.0981. The van der Waals surface area contributed by atoms with E-state index in [2.05, 4.69) is 10.6 Å². The van der Waals surface area contributed by atoms with Gasteiger partial charge in [0.2, 0.25) is 0 Å². The van der Waals surface area contributed by atoms with Crippen molar-refractivity contribution in [2.75, 3.05) is 6.54 Å². The summed E-state index contributed by atoms with van der Waals surface area (Å²) < 4.78 is 0. The minimum Gasteiger partial charge on any atom is -0.389 e. The molecule has 0 aromatic rings. The van der Waals surface area contributed by atoms with Gasteiger partial charge in [-0.3, -0.25) is 0 Å². The van der Waals surface area contributed by atoms with E-state index in [1.165, 1.54) is 0 Å². The van der Waals surface area contributed by atoms with Gasteiger partial charge < -0.3 is 15.7 Å². The van der Waals surface area contributed by atoms with Crippen LogP contribution in [0, 0.1) is 0 Å². The smallest absolute Gasteiger partial charge is 0.319 e. The highest BCUT2D eigenvalue weighted by molar-refractivity contribution is 5.78. The monoisotopic (exact) mass is 168 g/mol. The summed E-state index contributed by atoms with van der Waals surface area (Å²) >= 11 is 0. The summed E-state index contributed by atoms with van der Waals surface area (Å²) in [6.07, 6.45) is 2.30. The van der Waals surface area contributed by atoms with Crippen molar-refractivity contribution in [3.05, 3.63) is 11.3 Å². The first-order valence-electron chi connectivity index (χ1n) is 4.22. The van der Waals surface area contributed by atoms with Crippen molar-refractivity contribution in [1.82, 2.24) is 10.6 Å². The van der Waals surface area contributed by atoms with Gasteiger partial charge >= 0.3 is 6.03 Å². The fraction of sp³-hybridized carbons (Fsp3) is 0.625. The van der Waals surface area contributed by atoms with E-state index in [0.29, 0.717) is 6.54 Å². The van der Waals surface area contributed by atoms with Gasteiger partial charge in [-0.05, 0) is 24.8 Å². The van der Waals surface area contributed by atoms with E-state index < -0.39 is 0 Å². The van der Waals surface area contributed by atoms with E-state index in [9.17, 15) is 9.90 Å². The molecule has 0 spiro atoms. The molecule has 0 radical (unpaired) electrons. The van der Waals surface area contributed by atoms with Gasteiger partial charge in [0, 0.05) is 12.2 Å². The second kappa shape index (κ2) is 2.79. The normalized spacial score (nSPS) is 29.1. The topological polar surface area (TPSA) is 61.4 Å². The molecular formula is C8H12N2O2. The summed E-state index contributed by atoms with van der Waals surface area (Å²) in [5.41, 5.74) is 1.89. The quantitative estimate of drug-likeness (QED) is 0.480. The average Bonchev–Trinajstić information content (AvgIpc) is 2.04. The van der Waals surface area contributed by atoms with E-state index in [1.54, 1.807) is 0 Å². The van der Waals surface area contributed by atoms with Gasteiger partial charge in [-0.25, -0.2) is 4.79 Å². The highest BCUT2D eigenvalue weighted by atomic mass is 16.3. The first kappa shape index (κ1) is 7.61. The molecule has 1 aliphatic heterocycles. The van der Waals surface area contributed by atoms with E-state index in [1.807, 2.05) is 0 Å². The second-order valence-electron chi connectivity index (χ2n) is 3.22. The molecule has 12 heavy (non-hydrogen) atoms. The maximum atomic E-state index is 10.9. The number of aliphatic hydroxyl groups excluding tert-OH is 1. The summed E-state index contributed by atoms with van der Waals surface area (Å²) in [4.78, 5) is 10.9. The maximum Gasteiger partial charge on any atom is 0.319 e. The zero-order valence-electron chi connectivity index (χ0n) is 6.76. The lowest BCUT2D eigenvalue weighted by atomic mass is 9.92. The minimum atomic E-state index is -0.359. The molecule has 66 valence electrons. The number of aliphatic hydroxyl groups is 1. The molecule has 3 N–H and O–H groups in total. The van der Waals surface area contributed by atoms with E-state index in [4.69, 9.17) is 0 Å². The van der Waals surface area contributed by atoms with Crippen molar-refractivity contribution in [1.29, 1.82) is 0 Å². The third kappa shape index (κ3) is 1.18. The van der Waals surface area contributed by atoms with Crippen LogP contribution in [0.25, 0.3) is 0 Å². The lowest BCUT2D eigenvalue weighted by molar-refractivity contribution is 0.179. The molecule has 2 aliphatic rings. The van der Waals surface area contributed by atoms with Crippen LogP contribution in [-0.4, -0.2) is 23.8 Å². The number of hydrogen-bond acceptors (Lipinski definition) is 2. The molecule has 1 atom stereocenters. The van der Waals surface area contributed by atoms with Crippen molar-refractivity contribution in [3.8, 4) is 0 Å². The van der Waals surface area contributed by atoms with E-state index >= 15 is 0 Å². The van der Waals surface area contributed by atoms with Crippen molar-refractivity contribution < 1.29 is 9.90 Å². The Morgan fingerprint density at radius 3 is 3.17 bits per heavy atom. The predicted molar refractivity (Wildman–Crippen MR) is 43.4 cm³/mol. The fourth-order valence-corrected chi connectivity index (χ4v) is 1.73. The van der Waals surface area contributed by atoms with Crippen LogP contribution in [0.5, 0.6) is 0 Å². The van der Waals surface area contributed by atoms with Gasteiger partial charge in [0.25, 0.3) is 0 Å². The molecule has 4 nitrogen and oxygen atoms in total. The molecule has 1 unspecified atom stereocenters. The van der Waals surface area contributed by atoms with E-state index in [-0.39, 0.29) is 12.1 Å². The highest BCUT2D eigenvalue weighted by Gasteiger charge is 2.25. The number of carbonyl (C=O) groups is 1. The SMILES string of the molecule is O=C1NCC2=C(CCCC2O)N1. The van der Waals surface area contributed by atoms with Crippen LogP contribution in [0.1, 0.15) is 19.3 Å². The molecule has 0 aromatic carbocycles. The summed E-state index contributed by atoms with van der Waals surface area (Å²) in [5, 5.41) is 14.9. The van der Waals surface area contributed by atoms with Crippen LogP contribution in [0.4, 0.5) is 4.79 Å². The van der Waals surface area contributed by atoms with Crippen LogP contribution in [-0.2, 0) is 0 Å². The molecule has 0 bridgehead atoms. The Labute approximate surface area is 70.6 Å². The van der Waals surface area contributed by atoms with Crippen molar-refractivity contribution in [2.45, 2.75) is 25.4 Å². The molecule has 0 saturated heterocycles. The Balaban J connectivity index is 2.24. The van der Waals surface area contributed by atoms with Crippen LogP contribution in [0.15, 0.2) is 11.3 Å². The van der Waals surface area contributed by atoms with Gasteiger partial charge in [0.1, 0.15) is 0 Å². The van der Waals surface area contributed by atoms with Gasteiger partial charge in [0.05, 0.1) is 6.10 Å². The standard InChI is InChI=1S/C8H12N2O2/c11-7-3-1-2-6-5(7)4-9-8(12)10-6/h7,11H,1-4H2,(H2,9,10,12). The largest absolute Gasteiger partial charge is 0.389 e. The number of amides is 2. The number of hydrogen-bond donors (Lipinski definition) is 3. The molecule has 1 heterocycles. The van der Waals surface area contributed by atoms with E-state index in [0.717, 1.165) is 30.5 Å². The molecule has 4 heteroatoms. The number of urea groups is 1. The summed E-state index contributed by atoms with van der Waals surface area (Å²) in [6.45, 7) is 0.502. The fourth-order valence-electron chi connectivity index (χ4n) is 1.73. The molecule has 0 saturated carbocycles. The van der Waals surface area contributed by atoms with Gasteiger partial charge in [-0.2, -0.15) is 0 Å². The minimum absolute atomic E-state index is 0.150. The number of allylic oxidation sites excluding steroid dienone is 1. The zero-order valence-corrected chi connectivity index (χ0v) is 6.76. The van der Waals surface area contributed by atoms with Crippen LogP contribution in [0.3, 0.4) is 0 Å². The Hall–Kier alpha value is -1.03. The molecule has 1 aliphatic carbocycles. The number of carbonyl (C=O) groups excluding carboxylic acids is 1. The van der Waals surface area contributed by atoms with Crippen molar-refractivity contribution >= 4 is 6.03 Å². The first-order chi connectivity index (χ1) is 5.77. The Bertz CT molecular complexity index is 247. The van der Waals surface area contributed by atoms with Crippen LogP contribution < -0.4 is 10.6 Å². The van der Waals surface area contributed by atoms with Gasteiger partial charge in [0.15, 0.2) is 0 Å². The zero-order chi connectivity index (χ0) is 8.55. The number of rotatable bonds is 0. The van der Waals surface area contributed by atoms with Crippen LogP contribution >= 0.6 is 0 Å². The Kier molecular flexibility index (Phi) is 1.77. The number of nitrogens with one attached hydrogen (secondary N) is 2. The van der Waals surface area contributed by atoms with Crippen LogP contribution in [0.2, 0.25) is 0 Å². The lowest BCUT2D eigenvalue weighted by Gasteiger charge is -2.29. The lowest BCUT2D eigenvalue weighted by Crippen LogP contribution is -2.45. The van der Waals surface area contributed by atoms with Gasteiger partial charge in [-0.1, -0.05) is 0 Å². The highest BCUT2D eigenvalue weighted by Crippen LogP contribution is 2.24. The average molecular weight is 168 g/mol. The summed E-state index contributed by atoms with van der Waals surface area (Å²) in [7, 11) is 0. The van der Waals surface area contributed by atoms with Crippen molar-refractivity contribution in [3.63, 3.8) is 0 Å². The molecule has 2 amide bonds. The summed E-state index contributed by atoms with van der Waals surface area (Å²) in [6, 6.07) is -0.150. The van der Waals surface area contributed by atoms with Gasteiger partial charge in [-0.15, -0.1) is 0 Å². The molecule has 2 rings (SSSR count).